The van der Waals surface area contributed by atoms with Crippen LogP contribution in [0.15, 0.2) is 36.4 Å². The maximum absolute atomic E-state index is 12.7. The van der Waals surface area contributed by atoms with Crippen LogP contribution in [0.4, 0.5) is 49.1 Å². The summed E-state index contributed by atoms with van der Waals surface area (Å²) in [6.45, 7) is 4.46. The first kappa shape index (κ1) is 40.5. The zero-order valence-electron chi connectivity index (χ0n) is 24.2. The summed E-state index contributed by atoms with van der Waals surface area (Å²) in [7, 11) is 7.44. The highest BCUT2D eigenvalue weighted by Crippen LogP contribution is 2.37. The summed E-state index contributed by atoms with van der Waals surface area (Å²) in [5, 5.41) is 40.5. The summed E-state index contributed by atoms with van der Waals surface area (Å²) in [6.07, 6.45) is -6.37. The molecule has 2 aliphatic rings. The van der Waals surface area contributed by atoms with Gasteiger partial charge in [0.2, 0.25) is 0 Å². The van der Waals surface area contributed by atoms with E-state index in [0.717, 1.165) is 50.2 Å². The van der Waals surface area contributed by atoms with Crippen LogP contribution in [0.3, 0.4) is 0 Å². The van der Waals surface area contributed by atoms with Crippen molar-refractivity contribution in [2.45, 2.75) is 64.4 Å². The van der Waals surface area contributed by atoms with Crippen LogP contribution in [-0.4, -0.2) is 80.5 Å². The number of nitrogens with zero attached hydrogens (tertiary/aromatic N) is 3. The molecule has 20 heteroatoms. The summed E-state index contributed by atoms with van der Waals surface area (Å²) in [4.78, 5) is 22.2. The van der Waals surface area contributed by atoms with Gasteiger partial charge in [-0.1, -0.05) is 7.43 Å². The number of halogens is 6. The van der Waals surface area contributed by atoms with Crippen LogP contribution in [0.25, 0.3) is 0 Å². The largest absolute Gasteiger partial charge is 0.437 e. The van der Waals surface area contributed by atoms with E-state index in [4.69, 9.17) is 0 Å². The molecule has 2 aromatic carbocycles. The van der Waals surface area contributed by atoms with Gasteiger partial charge in [0, 0.05) is 39.7 Å². The van der Waals surface area contributed by atoms with E-state index in [1.54, 1.807) is 6.82 Å². The van der Waals surface area contributed by atoms with E-state index in [2.05, 4.69) is 31.4 Å². The second-order valence-corrected chi connectivity index (χ2v) is 10.2. The van der Waals surface area contributed by atoms with Crippen molar-refractivity contribution < 1.29 is 41.2 Å². The number of nitro benzene ring substituents is 2. The average Bonchev–Trinajstić information content (AvgIpc) is 2.98. The molecule has 0 unspecified atom stereocenters. The molecule has 250 valence electrons. The Hall–Kier alpha value is -3.51. The monoisotopic (exact) mass is 658 g/mol. The van der Waals surface area contributed by atoms with E-state index in [1.165, 1.54) is 0 Å². The average molecular weight is 658 g/mol. The van der Waals surface area contributed by atoms with E-state index >= 15 is 0 Å². The Balaban J connectivity index is 0.000000431. The summed E-state index contributed by atoms with van der Waals surface area (Å²) in [5.74, 6) is 0. The fraction of sp³-hybridized carbons (Fsp3) is 0.538. The van der Waals surface area contributed by atoms with Crippen LogP contribution in [0.1, 0.15) is 44.2 Å². The fourth-order valence-corrected chi connectivity index (χ4v) is 4.79. The molecule has 0 saturated carbocycles. The number of piperidine rings is 2. The quantitative estimate of drug-likeness (QED) is 0.136. The lowest BCUT2D eigenvalue weighted by atomic mass is 9.81. The minimum Gasteiger partial charge on any atom is -0.437 e. The van der Waals surface area contributed by atoms with Crippen molar-refractivity contribution in [2.75, 3.05) is 36.8 Å². The normalized spacial score (nSPS) is 16.0. The van der Waals surface area contributed by atoms with Crippen LogP contribution in [0.2, 0.25) is 6.82 Å². The molecule has 2 aliphatic heterocycles. The van der Waals surface area contributed by atoms with Gasteiger partial charge in [-0.25, -0.2) is 0 Å². The predicted molar refractivity (Wildman–Crippen MR) is 166 cm³/mol. The Morgan fingerprint density at radius 2 is 1.20 bits per heavy atom. The van der Waals surface area contributed by atoms with E-state index in [9.17, 15) is 51.6 Å². The number of rotatable bonds is 7. The lowest BCUT2D eigenvalue weighted by Gasteiger charge is -2.33. The first-order chi connectivity index (χ1) is 21.1. The molecule has 4 N–H and O–H groups in total. The number of hydrogen-bond acceptors (Lipinski definition) is 9. The number of hydrogen-bond donors (Lipinski definition) is 4. The van der Waals surface area contributed by atoms with E-state index in [0.29, 0.717) is 38.1 Å². The third kappa shape index (κ3) is 12.0. The maximum atomic E-state index is 12.7. The molecule has 2 aromatic rings. The molecule has 11 nitrogen and oxygen atoms in total. The molecule has 0 atom stereocenters. The Kier molecular flexibility index (Phi) is 15.8. The molecule has 2 saturated heterocycles. The summed E-state index contributed by atoms with van der Waals surface area (Å²) >= 11 is 0. The number of nitrogens with one attached hydrogen (secondary N) is 3. The van der Waals surface area contributed by atoms with Crippen LogP contribution < -0.4 is 16.0 Å². The first-order valence-corrected chi connectivity index (χ1v) is 13.8. The lowest BCUT2D eigenvalue weighted by molar-refractivity contribution is -0.384. The van der Waals surface area contributed by atoms with Crippen LogP contribution in [0.5, 0.6) is 0 Å². The standard InChI is InChI=1S/C13H17BF3N3O3.C12H14F3N3O2.CH4.B2/c1-14(21)19-6-4-10(5-7-19)18-11-3-2-9(13(15,16)17)8-12(11)20(22)23;13-12(14,15)8-1-2-10(11(7-8)18(19)20)17-9-3-5-16-6-4-9;;1-2/h2-3,8,10,18,21H,4-7H2,1H3;1-2,7,9,16-17H,3-6H2;1H4;. The Morgan fingerprint density at radius 3 is 1.52 bits per heavy atom. The highest BCUT2D eigenvalue weighted by molar-refractivity contribution is 6.75. The van der Waals surface area contributed by atoms with Crippen molar-refractivity contribution in [1.29, 1.82) is 0 Å². The van der Waals surface area contributed by atoms with Crippen LogP contribution >= 0.6 is 0 Å². The Bertz CT molecular complexity index is 1280. The molecular formula is C26H35B3F6N6O5. The van der Waals surface area contributed by atoms with Gasteiger partial charge in [0.15, 0.2) is 0 Å². The third-order valence-corrected chi connectivity index (χ3v) is 7.16. The van der Waals surface area contributed by atoms with Crippen molar-refractivity contribution in [1.82, 2.24) is 10.1 Å². The van der Waals surface area contributed by atoms with E-state index in [1.807, 2.05) is 4.81 Å². The van der Waals surface area contributed by atoms with Gasteiger partial charge in [0.1, 0.15) is 11.4 Å². The zero-order chi connectivity index (χ0) is 33.9. The number of anilines is 2. The molecule has 2 heterocycles. The lowest BCUT2D eigenvalue weighted by Crippen LogP contribution is -2.45. The molecule has 4 radical (unpaired) electrons. The van der Waals surface area contributed by atoms with Gasteiger partial charge in [-0.05, 0) is 83.0 Å². The molecule has 46 heavy (non-hydrogen) atoms. The predicted octanol–water partition coefficient (Wildman–Crippen LogP) is 5.25. The number of alkyl halides is 6. The van der Waals surface area contributed by atoms with Gasteiger partial charge < -0.3 is 25.8 Å². The molecule has 0 amide bonds. The van der Waals surface area contributed by atoms with Gasteiger partial charge in [-0.3, -0.25) is 20.2 Å². The highest BCUT2D eigenvalue weighted by atomic mass is 19.4. The van der Waals surface area contributed by atoms with Crippen LogP contribution in [0, 0.1) is 20.2 Å². The zero-order valence-corrected chi connectivity index (χ0v) is 24.2. The van der Waals surface area contributed by atoms with E-state index < -0.39 is 51.8 Å². The molecule has 0 aliphatic carbocycles. The maximum Gasteiger partial charge on any atom is 0.416 e. The van der Waals surface area contributed by atoms with Gasteiger partial charge in [0.25, 0.3) is 11.4 Å². The smallest absolute Gasteiger partial charge is 0.416 e. The number of nitro groups is 2. The fourth-order valence-electron chi connectivity index (χ4n) is 4.79. The van der Waals surface area contributed by atoms with Crippen LogP contribution in [-0.2, 0) is 12.4 Å². The Morgan fingerprint density at radius 1 is 0.826 bits per heavy atom. The van der Waals surface area contributed by atoms with Gasteiger partial charge in [-0.15, -0.1) is 0 Å². The van der Waals surface area contributed by atoms with Gasteiger partial charge in [0.05, 0.1) is 21.0 Å². The Labute approximate surface area is 265 Å². The molecule has 0 aromatic heterocycles. The van der Waals surface area contributed by atoms with Crippen molar-refractivity contribution in [3.63, 3.8) is 0 Å². The second kappa shape index (κ2) is 18.0. The van der Waals surface area contributed by atoms with Crippen molar-refractivity contribution in [3.8, 4) is 0 Å². The second-order valence-electron chi connectivity index (χ2n) is 10.2. The minimum atomic E-state index is -4.62. The molecule has 4 rings (SSSR count). The van der Waals surface area contributed by atoms with Gasteiger partial charge >= 0.3 is 19.4 Å². The minimum absolute atomic E-state index is 0. The highest BCUT2D eigenvalue weighted by Gasteiger charge is 2.34. The molecule has 2 fully saturated rings. The van der Waals surface area contributed by atoms with Crippen molar-refractivity contribution >= 4 is 45.3 Å². The summed E-state index contributed by atoms with van der Waals surface area (Å²) < 4.78 is 75.7. The van der Waals surface area contributed by atoms with E-state index in [-0.39, 0.29) is 30.9 Å². The molecule has 0 spiro atoms. The number of benzene rings is 2. The first-order valence-electron chi connectivity index (χ1n) is 13.8. The topological polar surface area (TPSA) is 146 Å². The van der Waals surface area contributed by atoms with Crippen molar-refractivity contribution in [3.05, 3.63) is 67.8 Å². The summed E-state index contributed by atoms with van der Waals surface area (Å²) in [5.41, 5.74) is -2.97. The molecular weight excluding hydrogens is 623 g/mol. The van der Waals surface area contributed by atoms with Crippen molar-refractivity contribution in [2.24, 2.45) is 0 Å². The third-order valence-electron chi connectivity index (χ3n) is 7.16. The summed E-state index contributed by atoms with van der Waals surface area (Å²) in [6, 6.07) is 4.99. The SMILES string of the molecule is C.CB(O)N1CCC(Nc2ccc(C(F)(F)F)cc2[N+](=O)[O-])CC1.O=[N+]([O-])c1cc(C(F)(F)F)ccc1NC1CCNCC1.[B][B]. The van der Waals surface area contributed by atoms with Gasteiger partial charge in [-0.2, -0.15) is 26.3 Å². The molecule has 0 bridgehead atoms.